The molecule has 0 saturated heterocycles. The number of rotatable bonds is 4. The van der Waals surface area contributed by atoms with Crippen LogP contribution in [0.3, 0.4) is 0 Å². The van der Waals surface area contributed by atoms with Crippen LogP contribution in [-0.4, -0.2) is 25.8 Å². The molecule has 0 aliphatic heterocycles. The number of benzene rings is 1. The van der Waals surface area contributed by atoms with Crippen molar-refractivity contribution >= 4 is 28.3 Å². The molecule has 0 spiro atoms. The first-order valence-electron chi connectivity index (χ1n) is 8.58. The standard InChI is InChI=1S/C20H14FN3O2S/c21-12-5-7-13(8-6-12)24-19-17(18(23-24)11-3-4-11)14(20(25)26)10-15(22-19)16-2-1-9-27-16/h1-2,5-11H,3-4H2,(H,25,26). The van der Waals surface area contributed by atoms with Gasteiger partial charge in [0.25, 0.3) is 0 Å². The molecule has 1 fully saturated rings. The van der Waals surface area contributed by atoms with E-state index in [0.717, 1.165) is 23.4 Å². The van der Waals surface area contributed by atoms with Crippen LogP contribution in [0, 0.1) is 5.82 Å². The summed E-state index contributed by atoms with van der Waals surface area (Å²) in [5, 5.41) is 17.0. The molecule has 27 heavy (non-hydrogen) atoms. The van der Waals surface area contributed by atoms with Crippen molar-refractivity contribution < 1.29 is 14.3 Å². The largest absolute Gasteiger partial charge is 0.478 e. The number of hydrogen-bond donors (Lipinski definition) is 1. The number of halogens is 1. The molecule has 0 bridgehead atoms. The lowest BCUT2D eigenvalue weighted by Gasteiger charge is -2.06. The average Bonchev–Trinajstić information content (AvgIpc) is 3.22. The maximum Gasteiger partial charge on any atom is 0.336 e. The van der Waals surface area contributed by atoms with Crippen molar-refractivity contribution in [2.75, 3.05) is 0 Å². The third-order valence-corrected chi connectivity index (χ3v) is 5.60. The lowest BCUT2D eigenvalue weighted by Crippen LogP contribution is -2.02. The minimum absolute atomic E-state index is 0.207. The van der Waals surface area contributed by atoms with Crippen LogP contribution in [0.4, 0.5) is 4.39 Å². The second kappa shape index (κ2) is 5.99. The Morgan fingerprint density at radius 3 is 2.63 bits per heavy atom. The SMILES string of the molecule is O=C(O)c1cc(-c2cccs2)nc2c1c(C1CC1)nn2-c1ccc(F)cc1. The maximum atomic E-state index is 13.4. The van der Waals surface area contributed by atoms with Crippen molar-refractivity contribution in [1.82, 2.24) is 14.8 Å². The molecule has 5 nitrogen and oxygen atoms in total. The zero-order chi connectivity index (χ0) is 18.5. The number of aromatic nitrogens is 3. The fourth-order valence-corrected chi connectivity index (χ4v) is 3.95. The normalized spacial score (nSPS) is 14.0. The lowest BCUT2D eigenvalue weighted by molar-refractivity contribution is 0.0699. The van der Waals surface area contributed by atoms with E-state index in [1.165, 1.54) is 23.5 Å². The van der Waals surface area contributed by atoms with Gasteiger partial charge in [-0.25, -0.2) is 18.9 Å². The minimum atomic E-state index is -0.999. The van der Waals surface area contributed by atoms with Gasteiger partial charge in [0.2, 0.25) is 0 Å². The summed E-state index contributed by atoms with van der Waals surface area (Å²) >= 11 is 1.50. The number of pyridine rings is 1. The van der Waals surface area contributed by atoms with E-state index in [4.69, 9.17) is 4.98 Å². The molecule has 0 unspecified atom stereocenters. The molecule has 3 aromatic heterocycles. The second-order valence-electron chi connectivity index (χ2n) is 6.58. The Labute approximate surface area is 157 Å². The van der Waals surface area contributed by atoms with Gasteiger partial charge < -0.3 is 5.11 Å². The number of carboxylic acids is 1. The Morgan fingerprint density at radius 1 is 1.22 bits per heavy atom. The van der Waals surface area contributed by atoms with E-state index in [0.29, 0.717) is 22.4 Å². The van der Waals surface area contributed by atoms with E-state index < -0.39 is 5.97 Å². The van der Waals surface area contributed by atoms with Crippen LogP contribution in [0.5, 0.6) is 0 Å². The maximum absolute atomic E-state index is 13.4. The summed E-state index contributed by atoms with van der Waals surface area (Å²) in [5.74, 6) is -1.08. The topological polar surface area (TPSA) is 68.0 Å². The molecule has 0 amide bonds. The van der Waals surface area contributed by atoms with E-state index in [1.807, 2.05) is 17.5 Å². The number of carboxylic acid groups (broad SMARTS) is 1. The van der Waals surface area contributed by atoms with E-state index in [-0.39, 0.29) is 17.3 Å². The fourth-order valence-electron chi connectivity index (χ4n) is 3.27. The highest BCUT2D eigenvalue weighted by Crippen LogP contribution is 2.44. The number of carbonyl (C=O) groups is 1. The molecule has 1 aromatic carbocycles. The molecule has 3 heterocycles. The van der Waals surface area contributed by atoms with E-state index in [1.54, 1.807) is 22.9 Å². The van der Waals surface area contributed by atoms with Gasteiger partial charge in [-0.3, -0.25) is 0 Å². The molecular weight excluding hydrogens is 365 g/mol. The first-order valence-corrected chi connectivity index (χ1v) is 9.46. The minimum Gasteiger partial charge on any atom is -0.478 e. The van der Waals surface area contributed by atoms with Gasteiger partial charge in [-0.1, -0.05) is 6.07 Å². The Morgan fingerprint density at radius 2 is 2.00 bits per heavy atom. The summed E-state index contributed by atoms with van der Waals surface area (Å²) in [4.78, 5) is 17.6. The molecule has 1 aliphatic carbocycles. The first kappa shape index (κ1) is 16.1. The van der Waals surface area contributed by atoms with Gasteiger partial charge in [-0.05, 0) is 54.6 Å². The van der Waals surface area contributed by atoms with E-state index in [2.05, 4.69) is 5.10 Å². The molecular formula is C20H14FN3O2S. The predicted octanol–water partition coefficient (Wildman–Crippen LogP) is 4.86. The summed E-state index contributed by atoms with van der Waals surface area (Å²) < 4.78 is 15.0. The second-order valence-corrected chi connectivity index (χ2v) is 7.53. The molecule has 4 aromatic rings. The van der Waals surface area contributed by atoms with Gasteiger partial charge in [-0.15, -0.1) is 11.3 Å². The highest BCUT2D eigenvalue weighted by molar-refractivity contribution is 7.13. The van der Waals surface area contributed by atoms with Crippen molar-refractivity contribution in [2.45, 2.75) is 18.8 Å². The molecule has 0 radical (unpaired) electrons. The number of nitrogens with zero attached hydrogens (tertiary/aromatic N) is 3. The molecule has 1 N–H and O–H groups in total. The summed E-state index contributed by atoms with van der Waals surface area (Å²) in [6.45, 7) is 0. The third-order valence-electron chi connectivity index (χ3n) is 4.70. The first-order chi connectivity index (χ1) is 13.1. The molecule has 134 valence electrons. The van der Waals surface area contributed by atoms with Crippen LogP contribution in [0.25, 0.3) is 27.3 Å². The quantitative estimate of drug-likeness (QED) is 0.550. The van der Waals surface area contributed by atoms with Crippen molar-refractivity contribution in [3.8, 4) is 16.3 Å². The van der Waals surface area contributed by atoms with Crippen LogP contribution in [0.2, 0.25) is 0 Å². The zero-order valence-electron chi connectivity index (χ0n) is 14.1. The van der Waals surface area contributed by atoms with Crippen LogP contribution < -0.4 is 0 Å². The van der Waals surface area contributed by atoms with Gasteiger partial charge in [0.05, 0.1) is 32.9 Å². The zero-order valence-corrected chi connectivity index (χ0v) is 14.9. The Hall–Kier alpha value is -3.06. The Balaban J connectivity index is 1.84. The average molecular weight is 379 g/mol. The summed E-state index contributed by atoms with van der Waals surface area (Å²) in [6.07, 6.45) is 1.97. The molecule has 1 aliphatic rings. The van der Waals surface area contributed by atoms with Crippen molar-refractivity contribution in [2.24, 2.45) is 0 Å². The number of hydrogen-bond acceptors (Lipinski definition) is 4. The van der Waals surface area contributed by atoms with Gasteiger partial charge in [0.1, 0.15) is 5.82 Å². The molecule has 7 heteroatoms. The predicted molar refractivity (Wildman–Crippen MR) is 101 cm³/mol. The number of fused-ring (bicyclic) bond motifs is 1. The summed E-state index contributed by atoms with van der Waals surface area (Å²) in [7, 11) is 0. The van der Waals surface area contributed by atoms with Crippen LogP contribution in [0.15, 0.2) is 47.8 Å². The Kier molecular flexibility index (Phi) is 3.58. The molecule has 1 saturated carbocycles. The van der Waals surface area contributed by atoms with Gasteiger partial charge in [-0.2, -0.15) is 5.10 Å². The molecule has 5 rings (SSSR count). The van der Waals surface area contributed by atoms with Crippen molar-refractivity contribution in [3.05, 3.63) is 64.9 Å². The van der Waals surface area contributed by atoms with Crippen LogP contribution in [0.1, 0.15) is 34.8 Å². The molecule has 0 atom stereocenters. The Bertz CT molecular complexity index is 1160. The van der Waals surface area contributed by atoms with Crippen LogP contribution in [-0.2, 0) is 0 Å². The van der Waals surface area contributed by atoms with Crippen LogP contribution >= 0.6 is 11.3 Å². The van der Waals surface area contributed by atoms with Gasteiger partial charge in [0, 0.05) is 5.92 Å². The van der Waals surface area contributed by atoms with Crippen molar-refractivity contribution in [1.29, 1.82) is 0 Å². The summed E-state index contributed by atoms with van der Waals surface area (Å²) in [5.41, 5.74) is 2.71. The van der Waals surface area contributed by atoms with Crippen molar-refractivity contribution in [3.63, 3.8) is 0 Å². The fraction of sp³-hybridized carbons (Fsp3) is 0.150. The highest BCUT2D eigenvalue weighted by Gasteiger charge is 2.32. The monoisotopic (exact) mass is 379 g/mol. The van der Waals surface area contributed by atoms with E-state index in [9.17, 15) is 14.3 Å². The van der Waals surface area contributed by atoms with E-state index >= 15 is 0 Å². The van der Waals surface area contributed by atoms with Gasteiger partial charge in [0.15, 0.2) is 5.65 Å². The number of aromatic carboxylic acids is 1. The third kappa shape index (κ3) is 2.71. The van der Waals surface area contributed by atoms with Gasteiger partial charge >= 0.3 is 5.97 Å². The lowest BCUT2D eigenvalue weighted by atomic mass is 10.1. The number of thiophene rings is 1. The summed E-state index contributed by atoms with van der Waals surface area (Å²) in [6, 6.07) is 11.4. The highest BCUT2D eigenvalue weighted by atomic mass is 32.1. The smallest absolute Gasteiger partial charge is 0.336 e.